The molecule has 0 radical (unpaired) electrons. The van der Waals surface area contributed by atoms with E-state index in [0.717, 1.165) is 18.4 Å². The van der Waals surface area contributed by atoms with Gasteiger partial charge in [0.05, 0.1) is 12.2 Å². The van der Waals surface area contributed by atoms with Gasteiger partial charge in [-0.1, -0.05) is 30.2 Å². The van der Waals surface area contributed by atoms with Crippen molar-refractivity contribution in [3.05, 3.63) is 47.5 Å². The van der Waals surface area contributed by atoms with Gasteiger partial charge in [-0.25, -0.2) is 9.07 Å². The fourth-order valence-corrected chi connectivity index (χ4v) is 2.79. The smallest absolute Gasteiger partial charge is 0.273 e. The largest absolute Gasteiger partial charge is 0.348 e. The van der Waals surface area contributed by atoms with E-state index in [2.05, 4.69) is 15.6 Å². The van der Waals surface area contributed by atoms with Gasteiger partial charge in [0.2, 0.25) is 0 Å². The highest BCUT2D eigenvalue weighted by atomic mass is 19.1. The van der Waals surface area contributed by atoms with Crippen molar-refractivity contribution >= 4 is 5.91 Å². The van der Waals surface area contributed by atoms with Crippen molar-refractivity contribution in [2.24, 2.45) is 0 Å². The number of hydrogen-bond acceptors (Lipinski definition) is 3. The number of halogens is 1. The minimum atomic E-state index is -0.272. The minimum Gasteiger partial charge on any atom is -0.348 e. The van der Waals surface area contributed by atoms with E-state index in [1.807, 2.05) is 6.92 Å². The summed E-state index contributed by atoms with van der Waals surface area (Å²) in [5.74, 6) is -0.448. The average molecular weight is 302 g/mol. The lowest BCUT2D eigenvalue weighted by atomic mass is 10.1. The van der Waals surface area contributed by atoms with E-state index in [1.54, 1.807) is 23.0 Å². The Hall–Kier alpha value is -2.24. The summed E-state index contributed by atoms with van der Waals surface area (Å²) in [5.41, 5.74) is 1.23. The highest BCUT2D eigenvalue weighted by molar-refractivity contribution is 5.92. The molecule has 1 aromatic carbocycles. The van der Waals surface area contributed by atoms with Crippen molar-refractivity contribution in [2.45, 2.75) is 44.7 Å². The molecule has 3 rings (SSSR count). The van der Waals surface area contributed by atoms with Gasteiger partial charge in [0.25, 0.3) is 5.91 Å². The summed E-state index contributed by atoms with van der Waals surface area (Å²) in [4.78, 5) is 12.1. The zero-order valence-electron chi connectivity index (χ0n) is 12.5. The van der Waals surface area contributed by atoms with Crippen LogP contribution in [0.3, 0.4) is 0 Å². The van der Waals surface area contributed by atoms with Gasteiger partial charge in [0.15, 0.2) is 5.69 Å². The Morgan fingerprint density at radius 3 is 2.68 bits per heavy atom. The SMILES string of the molecule is CC(c1ccc(F)cc1)n1cc(C(=O)NC2CCCC2)nn1. The second kappa shape index (κ2) is 6.25. The lowest BCUT2D eigenvalue weighted by Gasteiger charge is -2.11. The lowest BCUT2D eigenvalue weighted by Crippen LogP contribution is -2.32. The molecule has 1 N–H and O–H groups in total. The minimum absolute atomic E-state index is 0.110. The topological polar surface area (TPSA) is 59.8 Å². The van der Waals surface area contributed by atoms with E-state index in [9.17, 15) is 9.18 Å². The molecule has 0 bridgehead atoms. The first-order chi connectivity index (χ1) is 10.6. The van der Waals surface area contributed by atoms with Gasteiger partial charge in [0, 0.05) is 6.04 Å². The van der Waals surface area contributed by atoms with Crippen LogP contribution in [0.5, 0.6) is 0 Å². The van der Waals surface area contributed by atoms with E-state index >= 15 is 0 Å². The zero-order valence-corrected chi connectivity index (χ0v) is 12.5. The highest BCUT2D eigenvalue weighted by Gasteiger charge is 2.20. The highest BCUT2D eigenvalue weighted by Crippen LogP contribution is 2.19. The van der Waals surface area contributed by atoms with Crippen LogP contribution in [-0.2, 0) is 0 Å². The maximum absolute atomic E-state index is 13.0. The van der Waals surface area contributed by atoms with Crippen LogP contribution in [0.4, 0.5) is 4.39 Å². The van der Waals surface area contributed by atoms with Crippen LogP contribution in [0, 0.1) is 5.82 Å². The number of nitrogens with one attached hydrogen (secondary N) is 1. The maximum Gasteiger partial charge on any atom is 0.273 e. The molecule has 1 fully saturated rings. The van der Waals surface area contributed by atoms with Crippen LogP contribution in [0.25, 0.3) is 0 Å². The third-order valence-electron chi connectivity index (χ3n) is 4.18. The van der Waals surface area contributed by atoms with Crippen LogP contribution in [0.15, 0.2) is 30.5 Å². The number of carbonyl (C=O) groups excluding carboxylic acids is 1. The van der Waals surface area contributed by atoms with Crippen molar-refractivity contribution in [3.8, 4) is 0 Å². The van der Waals surface area contributed by atoms with Gasteiger partial charge in [-0.15, -0.1) is 5.10 Å². The average Bonchev–Trinajstić information content (AvgIpc) is 3.18. The summed E-state index contributed by atoms with van der Waals surface area (Å²) in [7, 11) is 0. The molecule has 2 aromatic rings. The number of hydrogen-bond donors (Lipinski definition) is 1. The van der Waals surface area contributed by atoms with Gasteiger partial charge in [0.1, 0.15) is 5.82 Å². The Bertz CT molecular complexity index is 646. The summed E-state index contributed by atoms with van der Waals surface area (Å²) in [5, 5.41) is 11.0. The molecule has 1 atom stereocenters. The first-order valence-electron chi connectivity index (χ1n) is 7.61. The number of benzene rings is 1. The van der Waals surface area contributed by atoms with E-state index in [0.29, 0.717) is 5.69 Å². The fourth-order valence-electron chi connectivity index (χ4n) is 2.79. The van der Waals surface area contributed by atoms with E-state index in [4.69, 9.17) is 0 Å². The molecule has 0 aliphatic heterocycles. The Morgan fingerprint density at radius 1 is 1.32 bits per heavy atom. The Morgan fingerprint density at radius 2 is 2.00 bits per heavy atom. The second-order valence-corrected chi connectivity index (χ2v) is 5.77. The fraction of sp³-hybridized carbons (Fsp3) is 0.438. The quantitative estimate of drug-likeness (QED) is 0.944. The molecule has 1 heterocycles. The van der Waals surface area contributed by atoms with Crippen molar-refractivity contribution < 1.29 is 9.18 Å². The molecular weight excluding hydrogens is 283 g/mol. The molecule has 1 aliphatic rings. The number of amides is 1. The summed E-state index contributed by atoms with van der Waals surface area (Å²) >= 11 is 0. The van der Waals surface area contributed by atoms with Crippen molar-refractivity contribution in [2.75, 3.05) is 0 Å². The van der Waals surface area contributed by atoms with Crippen LogP contribution in [0.1, 0.15) is 54.7 Å². The molecule has 0 saturated heterocycles. The zero-order chi connectivity index (χ0) is 15.5. The number of nitrogens with zero attached hydrogens (tertiary/aromatic N) is 3. The third kappa shape index (κ3) is 3.16. The summed E-state index contributed by atoms with van der Waals surface area (Å²) in [6.45, 7) is 1.93. The Labute approximate surface area is 128 Å². The standard InChI is InChI=1S/C16H19FN4O/c1-11(12-6-8-13(17)9-7-12)21-10-15(19-20-21)16(22)18-14-4-2-3-5-14/h6-11,14H,2-5H2,1H3,(H,18,22). The molecule has 1 aromatic heterocycles. The van der Waals surface area contributed by atoms with Crippen LogP contribution >= 0.6 is 0 Å². The van der Waals surface area contributed by atoms with Gasteiger partial charge in [-0.05, 0) is 37.5 Å². The van der Waals surface area contributed by atoms with Crippen LogP contribution < -0.4 is 5.32 Å². The third-order valence-corrected chi connectivity index (χ3v) is 4.18. The van der Waals surface area contributed by atoms with Crippen molar-refractivity contribution in [1.29, 1.82) is 0 Å². The van der Waals surface area contributed by atoms with Gasteiger partial charge >= 0.3 is 0 Å². The molecule has 116 valence electrons. The normalized spacial score (nSPS) is 16.6. The van der Waals surface area contributed by atoms with Crippen LogP contribution in [-0.4, -0.2) is 26.9 Å². The molecule has 22 heavy (non-hydrogen) atoms. The molecule has 6 heteroatoms. The van der Waals surface area contributed by atoms with Crippen LogP contribution in [0.2, 0.25) is 0 Å². The Balaban J connectivity index is 1.69. The first kappa shape index (κ1) is 14.7. The predicted octanol–water partition coefficient (Wildman–Crippen LogP) is 2.70. The number of carbonyl (C=O) groups is 1. The molecule has 1 unspecified atom stereocenters. The first-order valence-corrected chi connectivity index (χ1v) is 7.61. The van der Waals surface area contributed by atoms with Gasteiger partial charge in [-0.2, -0.15) is 0 Å². The summed E-state index contributed by atoms with van der Waals surface area (Å²) in [6, 6.07) is 6.39. The number of rotatable bonds is 4. The van der Waals surface area contributed by atoms with Gasteiger partial charge in [-0.3, -0.25) is 4.79 Å². The Kier molecular flexibility index (Phi) is 4.18. The monoisotopic (exact) mass is 302 g/mol. The maximum atomic E-state index is 13.0. The van der Waals surface area contributed by atoms with Crippen molar-refractivity contribution in [3.63, 3.8) is 0 Å². The molecular formula is C16H19FN4O. The molecule has 5 nitrogen and oxygen atoms in total. The second-order valence-electron chi connectivity index (χ2n) is 5.77. The molecule has 0 spiro atoms. The molecule has 1 aliphatic carbocycles. The van der Waals surface area contributed by atoms with Crippen molar-refractivity contribution in [1.82, 2.24) is 20.3 Å². The summed E-state index contributed by atoms with van der Waals surface area (Å²) < 4.78 is 14.6. The summed E-state index contributed by atoms with van der Waals surface area (Å²) in [6.07, 6.45) is 6.04. The lowest BCUT2D eigenvalue weighted by molar-refractivity contribution is 0.0932. The predicted molar refractivity (Wildman–Crippen MR) is 80.0 cm³/mol. The van der Waals surface area contributed by atoms with E-state index in [1.165, 1.54) is 25.0 Å². The van der Waals surface area contributed by atoms with Gasteiger partial charge < -0.3 is 5.32 Å². The van der Waals surface area contributed by atoms with E-state index in [-0.39, 0.29) is 23.8 Å². The molecule has 1 saturated carbocycles. The number of aromatic nitrogens is 3. The van der Waals surface area contributed by atoms with E-state index < -0.39 is 0 Å². The molecule has 1 amide bonds.